The Morgan fingerprint density at radius 1 is 0.794 bits per heavy atom. The van der Waals surface area contributed by atoms with E-state index in [1.54, 1.807) is 17.7 Å². The second kappa shape index (κ2) is 8.84. The van der Waals surface area contributed by atoms with Crippen molar-refractivity contribution in [1.29, 1.82) is 0 Å². The van der Waals surface area contributed by atoms with Gasteiger partial charge in [0.2, 0.25) is 0 Å². The first-order valence-corrected chi connectivity index (χ1v) is 16.4. The monoisotopic (exact) mass is 522 g/mol. The van der Waals surface area contributed by atoms with Crippen LogP contribution in [0.1, 0.15) is 75.8 Å². The molecule has 0 radical (unpaired) electrons. The fraction of sp³-hybridized carbons (Fsp3) is 0.303. The molecule has 5 rings (SSSR count). The number of hydrogen-bond acceptors (Lipinski definition) is 0. The van der Waals surface area contributed by atoms with Crippen molar-refractivity contribution in [2.75, 3.05) is 0 Å². The van der Waals surface area contributed by atoms with Gasteiger partial charge in [0.05, 0.1) is 0 Å². The van der Waals surface area contributed by atoms with Crippen molar-refractivity contribution in [3.8, 4) is 11.1 Å². The van der Waals surface area contributed by atoms with Crippen LogP contribution in [0.4, 0.5) is 0 Å². The summed E-state index contributed by atoms with van der Waals surface area (Å²) in [6, 6.07) is 23.2. The molecule has 0 amide bonds. The number of benzene rings is 3. The summed E-state index contributed by atoms with van der Waals surface area (Å²) in [4.78, 5) is 0. The van der Waals surface area contributed by atoms with Crippen LogP contribution in [0, 0.1) is 0 Å². The van der Waals surface area contributed by atoms with Crippen LogP contribution in [0.5, 0.6) is 0 Å². The Kier molecular flexibility index (Phi) is 6.14. The van der Waals surface area contributed by atoms with E-state index in [1.165, 1.54) is 27.8 Å². The number of hydrogen-bond donors (Lipinski definition) is 0. The van der Waals surface area contributed by atoms with Crippen LogP contribution in [-0.2, 0) is 38.5 Å². The van der Waals surface area contributed by atoms with E-state index < -0.39 is 21.3 Å². The third kappa shape index (κ3) is 4.45. The van der Waals surface area contributed by atoms with Gasteiger partial charge in [-0.1, -0.05) is 0 Å². The molecule has 0 fully saturated rings. The summed E-state index contributed by atoms with van der Waals surface area (Å²) in [6.45, 7) is 14.1. The number of fused-ring (bicyclic) bond motifs is 3. The fourth-order valence-electron chi connectivity index (χ4n) is 5.36. The maximum absolute atomic E-state index is 2.69. The van der Waals surface area contributed by atoms with Gasteiger partial charge in [0.25, 0.3) is 0 Å². The van der Waals surface area contributed by atoms with Crippen LogP contribution >= 0.6 is 0 Å². The number of allylic oxidation sites excluding steroid dienone is 4. The standard InChI is InChI=1S/C21H25.C7H6.C5H5.Zr/c1-20(2,3)16-7-9-18-14(12-16)11-15-13-17(21(4,5)6)8-10-19(15)18;1-7-5-3-2-4-6-7;1-2-4-5-3-1;/h7-10,12H,11H2,1-6H3;1-6H;1-3H,4H2;. The second-order valence-corrected chi connectivity index (χ2v) is 17.4. The summed E-state index contributed by atoms with van der Waals surface area (Å²) >= 11 is -2.32. The molecule has 0 spiro atoms. The molecule has 0 nitrogen and oxygen atoms in total. The van der Waals surface area contributed by atoms with Crippen molar-refractivity contribution in [3.63, 3.8) is 0 Å². The summed E-state index contributed by atoms with van der Waals surface area (Å²) in [6.07, 6.45) is 9.24. The van der Waals surface area contributed by atoms with Gasteiger partial charge in [-0.2, -0.15) is 0 Å². The zero-order chi connectivity index (χ0) is 24.1. The Bertz CT molecular complexity index is 1340. The second-order valence-electron chi connectivity index (χ2n) is 11.9. The third-order valence-corrected chi connectivity index (χ3v) is 14.1. The van der Waals surface area contributed by atoms with Gasteiger partial charge in [-0.3, -0.25) is 0 Å². The van der Waals surface area contributed by atoms with Gasteiger partial charge in [-0.05, 0) is 0 Å². The molecule has 34 heavy (non-hydrogen) atoms. The van der Waals surface area contributed by atoms with Gasteiger partial charge in [0.1, 0.15) is 0 Å². The van der Waals surface area contributed by atoms with Crippen LogP contribution in [-0.4, -0.2) is 3.71 Å². The first kappa shape index (κ1) is 23.6. The molecule has 0 heterocycles. The Hall–Kier alpha value is -2.11. The SMILES string of the molecule is CC(C)(C)c1ccc2c(c1)Cc1c-2ccc(C(C)(C)C)[c]1/[Zr](=[CH]\c1ccccc1)[C]1=CC=CC1. The summed E-state index contributed by atoms with van der Waals surface area (Å²) < 4.78 is 6.10. The Morgan fingerprint density at radius 3 is 2.18 bits per heavy atom. The molecule has 2 aliphatic carbocycles. The molecule has 3 aromatic rings. The van der Waals surface area contributed by atoms with Crippen LogP contribution in [0.3, 0.4) is 0 Å². The minimum atomic E-state index is -2.32. The van der Waals surface area contributed by atoms with E-state index in [9.17, 15) is 0 Å². The molecule has 0 saturated heterocycles. The Balaban J connectivity index is 1.76. The first-order valence-electron chi connectivity index (χ1n) is 12.6. The summed E-state index contributed by atoms with van der Waals surface area (Å²) in [5.41, 5.74) is 10.7. The van der Waals surface area contributed by atoms with E-state index in [0.717, 1.165) is 12.8 Å². The molecular formula is C33H36Zr. The Labute approximate surface area is 213 Å². The molecule has 0 bridgehead atoms. The van der Waals surface area contributed by atoms with Crippen molar-refractivity contribution >= 4 is 6.98 Å². The molecule has 0 atom stereocenters. The molecule has 172 valence electrons. The summed E-state index contributed by atoms with van der Waals surface area (Å²) in [5, 5.41) is 0. The summed E-state index contributed by atoms with van der Waals surface area (Å²) in [5.74, 6) is 0. The predicted octanol–water partition coefficient (Wildman–Crippen LogP) is 7.79. The van der Waals surface area contributed by atoms with Crippen molar-refractivity contribution in [3.05, 3.63) is 110 Å². The van der Waals surface area contributed by atoms with Gasteiger partial charge < -0.3 is 0 Å². The van der Waals surface area contributed by atoms with E-state index in [0.29, 0.717) is 0 Å². The average Bonchev–Trinajstić information content (AvgIpc) is 3.44. The zero-order valence-corrected chi connectivity index (χ0v) is 24.0. The van der Waals surface area contributed by atoms with Crippen molar-refractivity contribution in [2.24, 2.45) is 0 Å². The van der Waals surface area contributed by atoms with Gasteiger partial charge in [0.15, 0.2) is 0 Å². The third-order valence-electron chi connectivity index (χ3n) is 7.25. The molecule has 2 aliphatic rings. The fourth-order valence-corrected chi connectivity index (χ4v) is 13.0. The van der Waals surface area contributed by atoms with E-state index in [4.69, 9.17) is 0 Å². The first-order chi connectivity index (χ1) is 16.1. The van der Waals surface area contributed by atoms with Gasteiger partial charge >= 0.3 is 215 Å². The van der Waals surface area contributed by atoms with Gasteiger partial charge in [-0.25, -0.2) is 0 Å². The topological polar surface area (TPSA) is 0 Å². The van der Waals surface area contributed by atoms with Crippen molar-refractivity contribution in [1.82, 2.24) is 0 Å². The van der Waals surface area contributed by atoms with Crippen LogP contribution in [0.15, 0.2) is 82.2 Å². The predicted molar refractivity (Wildman–Crippen MR) is 145 cm³/mol. The summed E-state index contributed by atoms with van der Waals surface area (Å²) in [7, 11) is 0. The molecule has 0 aliphatic heterocycles. The van der Waals surface area contributed by atoms with Crippen molar-refractivity contribution in [2.45, 2.75) is 65.2 Å². The van der Waals surface area contributed by atoms with E-state index in [-0.39, 0.29) is 10.8 Å². The minimum absolute atomic E-state index is 0.124. The molecule has 0 saturated carbocycles. The molecule has 0 unspecified atom stereocenters. The van der Waals surface area contributed by atoms with Crippen LogP contribution in [0.2, 0.25) is 0 Å². The maximum atomic E-state index is 2.69. The average molecular weight is 524 g/mol. The normalized spacial score (nSPS) is 15.4. The van der Waals surface area contributed by atoms with Crippen LogP contribution < -0.4 is 3.27 Å². The molecule has 3 aromatic carbocycles. The molecule has 0 aromatic heterocycles. The van der Waals surface area contributed by atoms with E-state index >= 15 is 0 Å². The Morgan fingerprint density at radius 2 is 1.53 bits per heavy atom. The van der Waals surface area contributed by atoms with Crippen molar-refractivity contribution < 1.29 is 21.3 Å². The molecular weight excluding hydrogens is 488 g/mol. The van der Waals surface area contributed by atoms with Gasteiger partial charge in [0, 0.05) is 0 Å². The van der Waals surface area contributed by atoms with Gasteiger partial charge in [-0.15, -0.1) is 0 Å². The van der Waals surface area contributed by atoms with E-state index in [1.807, 2.05) is 0 Å². The molecule has 1 heteroatoms. The zero-order valence-electron chi connectivity index (χ0n) is 21.5. The van der Waals surface area contributed by atoms with Crippen LogP contribution in [0.25, 0.3) is 11.1 Å². The molecule has 0 N–H and O–H groups in total. The quantitative estimate of drug-likeness (QED) is 0.257. The van der Waals surface area contributed by atoms with E-state index in [2.05, 4.69) is 124 Å². The number of rotatable bonds is 3.